The summed E-state index contributed by atoms with van der Waals surface area (Å²) in [6.45, 7) is 0.314. The number of rotatable bonds is 5. The van der Waals surface area contributed by atoms with Crippen LogP contribution >= 0.6 is 0 Å². The summed E-state index contributed by atoms with van der Waals surface area (Å²) in [6, 6.07) is 15.0. The number of nitrogens with one attached hydrogen (secondary N) is 2. The molecule has 0 radical (unpaired) electrons. The lowest BCUT2D eigenvalue weighted by atomic mass is 10.1. The van der Waals surface area contributed by atoms with Crippen LogP contribution in [0.2, 0.25) is 0 Å². The Bertz CT molecular complexity index is 748. The highest BCUT2D eigenvalue weighted by atomic mass is 16.3. The molecule has 0 spiro atoms. The van der Waals surface area contributed by atoms with Crippen molar-refractivity contribution in [3.05, 3.63) is 59.7 Å². The number of hydrogen-bond acceptors (Lipinski definition) is 4. The van der Waals surface area contributed by atoms with E-state index in [0.717, 1.165) is 5.56 Å². The van der Waals surface area contributed by atoms with Crippen LogP contribution < -0.4 is 10.6 Å². The number of nitrogens with zero attached hydrogens (tertiary/aromatic N) is 1. The molecule has 116 valence electrons. The average Bonchev–Trinajstić information content (AvgIpc) is 2.55. The molecule has 0 atom stereocenters. The lowest BCUT2D eigenvalue weighted by Crippen LogP contribution is -2.21. The zero-order chi connectivity index (χ0) is 16.7. The molecule has 0 unspecified atom stereocenters. The molecular weight excluding hydrogens is 294 g/mol. The second kappa shape index (κ2) is 7.61. The number of hydrogen-bond donors (Lipinski definition) is 3. The van der Waals surface area contributed by atoms with Crippen molar-refractivity contribution in [2.24, 2.45) is 0 Å². The molecule has 0 aliphatic carbocycles. The predicted octanol–water partition coefficient (Wildman–Crippen LogP) is 2.17. The molecule has 3 N–H and O–H groups in total. The van der Waals surface area contributed by atoms with Crippen LogP contribution in [-0.2, 0) is 11.3 Å². The Morgan fingerprint density at radius 1 is 1.09 bits per heavy atom. The number of phenols is 1. The molecule has 2 aromatic carbocycles. The smallest absolute Gasteiger partial charge is 0.259 e. The van der Waals surface area contributed by atoms with Crippen molar-refractivity contribution in [2.45, 2.75) is 13.0 Å². The van der Waals surface area contributed by atoms with Gasteiger partial charge in [-0.1, -0.05) is 24.3 Å². The molecule has 0 aliphatic rings. The average molecular weight is 309 g/mol. The van der Waals surface area contributed by atoms with E-state index < -0.39 is 5.91 Å². The highest BCUT2D eigenvalue weighted by Crippen LogP contribution is 2.18. The van der Waals surface area contributed by atoms with Gasteiger partial charge in [0, 0.05) is 12.2 Å². The number of amides is 2. The van der Waals surface area contributed by atoms with E-state index >= 15 is 0 Å². The number of anilines is 1. The summed E-state index contributed by atoms with van der Waals surface area (Å²) in [6.07, 6.45) is -0.172. The first-order valence-corrected chi connectivity index (χ1v) is 6.92. The van der Waals surface area contributed by atoms with E-state index in [1.165, 1.54) is 12.1 Å². The van der Waals surface area contributed by atoms with E-state index in [9.17, 15) is 14.7 Å². The highest BCUT2D eigenvalue weighted by Gasteiger charge is 2.10. The Hall–Kier alpha value is -3.33. The summed E-state index contributed by atoms with van der Waals surface area (Å²) in [5.74, 6) is -0.815. The fourth-order valence-corrected chi connectivity index (χ4v) is 1.90. The molecule has 0 saturated carbocycles. The number of benzene rings is 2. The zero-order valence-corrected chi connectivity index (χ0v) is 12.2. The molecular formula is C17H15N3O3. The first kappa shape index (κ1) is 16.0. The van der Waals surface area contributed by atoms with Crippen molar-refractivity contribution in [1.82, 2.24) is 5.32 Å². The highest BCUT2D eigenvalue weighted by molar-refractivity contribution is 6.06. The maximum Gasteiger partial charge on any atom is 0.259 e. The van der Waals surface area contributed by atoms with Crippen LogP contribution in [0.25, 0.3) is 0 Å². The van der Waals surface area contributed by atoms with Crippen LogP contribution in [0, 0.1) is 11.3 Å². The van der Waals surface area contributed by atoms with Crippen molar-refractivity contribution in [2.75, 3.05) is 5.32 Å². The van der Waals surface area contributed by atoms with Gasteiger partial charge in [0.05, 0.1) is 11.6 Å². The van der Waals surface area contributed by atoms with E-state index in [1.807, 2.05) is 0 Å². The summed E-state index contributed by atoms with van der Waals surface area (Å²) in [4.78, 5) is 23.3. The third-order valence-electron chi connectivity index (χ3n) is 3.09. The van der Waals surface area contributed by atoms with Gasteiger partial charge < -0.3 is 15.7 Å². The predicted molar refractivity (Wildman–Crippen MR) is 84.6 cm³/mol. The largest absolute Gasteiger partial charge is 0.507 e. The van der Waals surface area contributed by atoms with Crippen molar-refractivity contribution < 1.29 is 14.7 Å². The van der Waals surface area contributed by atoms with E-state index in [2.05, 4.69) is 10.6 Å². The molecule has 2 rings (SSSR count). The van der Waals surface area contributed by atoms with Gasteiger partial charge in [-0.2, -0.15) is 5.26 Å². The summed E-state index contributed by atoms with van der Waals surface area (Å²) in [5, 5.41) is 23.3. The second-order valence-corrected chi connectivity index (χ2v) is 4.78. The minimum Gasteiger partial charge on any atom is -0.507 e. The molecule has 0 aromatic heterocycles. The van der Waals surface area contributed by atoms with Crippen LogP contribution in [0.4, 0.5) is 5.69 Å². The van der Waals surface area contributed by atoms with E-state index in [-0.39, 0.29) is 23.6 Å². The van der Waals surface area contributed by atoms with Crippen molar-refractivity contribution >= 4 is 17.5 Å². The minimum atomic E-state index is -0.404. The standard InChI is InChI=1S/C17H15N3O3/c18-10-9-16(22)19-11-12-5-7-13(8-6-12)20-17(23)14-3-1-2-4-15(14)21/h1-8,21H,9,11H2,(H,19,22)(H,20,23). The minimum absolute atomic E-state index is 0.0816. The first-order valence-electron chi connectivity index (χ1n) is 6.92. The van der Waals surface area contributed by atoms with Crippen LogP contribution in [0.1, 0.15) is 22.3 Å². The molecule has 2 amide bonds. The zero-order valence-electron chi connectivity index (χ0n) is 12.2. The van der Waals surface area contributed by atoms with Gasteiger partial charge in [-0.05, 0) is 29.8 Å². The Kier molecular flexibility index (Phi) is 5.31. The molecule has 6 heteroatoms. The molecule has 0 heterocycles. The molecule has 0 fully saturated rings. The van der Waals surface area contributed by atoms with Crippen LogP contribution in [0.15, 0.2) is 48.5 Å². The van der Waals surface area contributed by atoms with E-state index in [4.69, 9.17) is 5.26 Å². The third-order valence-corrected chi connectivity index (χ3v) is 3.09. The Balaban J connectivity index is 1.95. The maximum absolute atomic E-state index is 12.0. The van der Waals surface area contributed by atoms with Gasteiger partial charge in [0.15, 0.2) is 0 Å². The van der Waals surface area contributed by atoms with Gasteiger partial charge in [0.25, 0.3) is 5.91 Å². The van der Waals surface area contributed by atoms with Gasteiger partial charge in [-0.25, -0.2) is 0 Å². The van der Waals surface area contributed by atoms with Gasteiger partial charge >= 0.3 is 0 Å². The SMILES string of the molecule is N#CCC(=O)NCc1ccc(NC(=O)c2ccccc2O)cc1. The number of para-hydroxylation sites is 1. The van der Waals surface area contributed by atoms with E-state index in [1.54, 1.807) is 42.5 Å². The van der Waals surface area contributed by atoms with E-state index in [0.29, 0.717) is 12.2 Å². The molecule has 2 aromatic rings. The maximum atomic E-state index is 12.0. The summed E-state index contributed by atoms with van der Waals surface area (Å²) in [5.41, 5.74) is 1.61. The summed E-state index contributed by atoms with van der Waals surface area (Å²) < 4.78 is 0. The molecule has 6 nitrogen and oxygen atoms in total. The number of carbonyl (C=O) groups excluding carboxylic acids is 2. The fourth-order valence-electron chi connectivity index (χ4n) is 1.90. The second-order valence-electron chi connectivity index (χ2n) is 4.78. The monoisotopic (exact) mass is 309 g/mol. The summed E-state index contributed by atoms with van der Waals surface area (Å²) in [7, 11) is 0. The van der Waals surface area contributed by atoms with Crippen molar-refractivity contribution in [3.63, 3.8) is 0 Å². The lowest BCUT2D eigenvalue weighted by molar-refractivity contribution is -0.120. The molecule has 0 aliphatic heterocycles. The normalized spacial score (nSPS) is 9.70. The Labute approximate surface area is 133 Å². The van der Waals surface area contributed by atoms with Crippen molar-refractivity contribution in [3.8, 4) is 11.8 Å². The van der Waals surface area contributed by atoms with Gasteiger partial charge in [-0.15, -0.1) is 0 Å². The Morgan fingerprint density at radius 2 is 1.78 bits per heavy atom. The number of carbonyl (C=O) groups is 2. The topological polar surface area (TPSA) is 102 Å². The third kappa shape index (κ3) is 4.58. The number of phenolic OH excluding ortho intramolecular Hbond substituents is 1. The summed E-state index contributed by atoms with van der Waals surface area (Å²) >= 11 is 0. The van der Waals surface area contributed by atoms with Crippen LogP contribution in [0.5, 0.6) is 5.75 Å². The van der Waals surface area contributed by atoms with Crippen LogP contribution in [0.3, 0.4) is 0 Å². The molecule has 0 bridgehead atoms. The number of aromatic hydroxyl groups is 1. The van der Waals surface area contributed by atoms with Crippen molar-refractivity contribution in [1.29, 1.82) is 5.26 Å². The molecule has 0 saturated heterocycles. The quantitative estimate of drug-likeness (QED) is 0.787. The van der Waals surface area contributed by atoms with Gasteiger partial charge in [0.1, 0.15) is 12.2 Å². The Morgan fingerprint density at radius 3 is 2.43 bits per heavy atom. The van der Waals surface area contributed by atoms with Gasteiger partial charge in [-0.3, -0.25) is 9.59 Å². The van der Waals surface area contributed by atoms with Crippen LogP contribution in [-0.4, -0.2) is 16.9 Å². The number of nitriles is 1. The van der Waals surface area contributed by atoms with Gasteiger partial charge in [0.2, 0.25) is 5.91 Å². The lowest BCUT2D eigenvalue weighted by Gasteiger charge is -2.08. The fraction of sp³-hybridized carbons (Fsp3) is 0.118. The first-order chi connectivity index (χ1) is 11.1. The molecule has 23 heavy (non-hydrogen) atoms.